The molecule has 1 heterocycles. The van der Waals surface area contributed by atoms with Gasteiger partial charge in [0.25, 0.3) is 0 Å². The van der Waals surface area contributed by atoms with Crippen molar-refractivity contribution in [3.63, 3.8) is 0 Å². The number of aromatic nitrogens is 2. The molecule has 0 saturated carbocycles. The molecule has 0 atom stereocenters. The summed E-state index contributed by atoms with van der Waals surface area (Å²) in [5, 5.41) is 4.01. The number of nitrogens with zero attached hydrogens (tertiary/aromatic N) is 2. The Morgan fingerprint density at radius 2 is 2.05 bits per heavy atom. The van der Waals surface area contributed by atoms with Crippen LogP contribution in [0.15, 0.2) is 27.6 Å². The molecule has 0 amide bonds. The minimum Gasteiger partial charge on any atom is -0.399 e. The van der Waals surface area contributed by atoms with Crippen LogP contribution in [0.4, 0.5) is 5.69 Å². The molecule has 0 aliphatic heterocycles. The fourth-order valence-corrected chi connectivity index (χ4v) is 2.45. The van der Waals surface area contributed by atoms with Crippen LogP contribution in [0.1, 0.15) is 38.0 Å². The number of nitrogen functional groups attached to an aromatic ring is 1. The number of anilines is 1. The van der Waals surface area contributed by atoms with Gasteiger partial charge in [-0.1, -0.05) is 25.9 Å². The van der Waals surface area contributed by atoms with Crippen LogP contribution in [0, 0.1) is 6.92 Å². The molecule has 19 heavy (non-hydrogen) atoms. The predicted molar refractivity (Wildman–Crippen MR) is 78.2 cm³/mol. The topological polar surface area (TPSA) is 64.9 Å². The van der Waals surface area contributed by atoms with Crippen LogP contribution >= 0.6 is 11.8 Å². The van der Waals surface area contributed by atoms with Gasteiger partial charge in [0, 0.05) is 16.0 Å². The van der Waals surface area contributed by atoms with Gasteiger partial charge in [0.1, 0.15) is 0 Å². The van der Waals surface area contributed by atoms with Gasteiger partial charge in [0.2, 0.25) is 5.89 Å². The quantitative estimate of drug-likeness (QED) is 0.686. The average Bonchev–Trinajstić information content (AvgIpc) is 2.76. The van der Waals surface area contributed by atoms with E-state index in [-0.39, 0.29) is 5.41 Å². The van der Waals surface area contributed by atoms with Crippen molar-refractivity contribution in [2.75, 3.05) is 5.73 Å². The molecule has 0 fully saturated rings. The molecule has 0 spiro atoms. The first-order valence-corrected chi connectivity index (χ1v) is 7.17. The highest BCUT2D eigenvalue weighted by Gasteiger charge is 2.21. The second-order valence-corrected chi connectivity index (χ2v) is 6.60. The van der Waals surface area contributed by atoms with Crippen LogP contribution in [-0.4, -0.2) is 10.1 Å². The zero-order chi connectivity index (χ0) is 14.0. The predicted octanol–water partition coefficient (Wildman–Crippen LogP) is 3.55. The molecule has 0 radical (unpaired) electrons. The molecule has 102 valence electrons. The van der Waals surface area contributed by atoms with Gasteiger partial charge in [-0.05, 0) is 30.7 Å². The average molecular weight is 277 g/mol. The molecular weight excluding hydrogens is 258 g/mol. The largest absolute Gasteiger partial charge is 0.399 e. The van der Waals surface area contributed by atoms with Crippen LogP contribution in [0.25, 0.3) is 0 Å². The summed E-state index contributed by atoms with van der Waals surface area (Å²) < 4.78 is 5.27. The van der Waals surface area contributed by atoms with Crippen LogP contribution < -0.4 is 5.73 Å². The number of rotatable bonds is 3. The van der Waals surface area contributed by atoms with E-state index in [4.69, 9.17) is 10.3 Å². The summed E-state index contributed by atoms with van der Waals surface area (Å²) >= 11 is 1.69. The summed E-state index contributed by atoms with van der Waals surface area (Å²) in [6.07, 6.45) is 0. The first-order valence-electron chi connectivity index (χ1n) is 6.18. The minimum atomic E-state index is -0.104. The third-order valence-corrected chi connectivity index (χ3v) is 3.84. The molecule has 0 bridgehead atoms. The smallest absolute Gasteiger partial charge is 0.232 e. The molecule has 2 rings (SSSR count). The summed E-state index contributed by atoms with van der Waals surface area (Å²) in [4.78, 5) is 5.61. The number of benzene rings is 1. The van der Waals surface area contributed by atoms with Gasteiger partial charge in [-0.3, -0.25) is 0 Å². The first kappa shape index (κ1) is 13.9. The Kier molecular flexibility index (Phi) is 3.85. The normalized spacial score (nSPS) is 11.8. The lowest BCUT2D eigenvalue weighted by Crippen LogP contribution is -2.11. The number of aryl methyl sites for hydroxylation is 1. The highest BCUT2D eigenvalue weighted by atomic mass is 32.2. The van der Waals surface area contributed by atoms with Crippen LogP contribution in [0.3, 0.4) is 0 Å². The monoisotopic (exact) mass is 277 g/mol. The Hall–Kier alpha value is -1.49. The maximum atomic E-state index is 5.74. The van der Waals surface area contributed by atoms with E-state index in [0.29, 0.717) is 11.6 Å². The van der Waals surface area contributed by atoms with E-state index in [1.165, 1.54) is 10.5 Å². The van der Waals surface area contributed by atoms with Gasteiger partial charge < -0.3 is 10.3 Å². The van der Waals surface area contributed by atoms with Crippen molar-refractivity contribution >= 4 is 17.4 Å². The Bertz CT molecular complexity index is 572. The van der Waals surface area contributed by atoms with Gasteiger partial charge in [-0.15, -0.1) is 11.8 Å². The highest BCUT2D eigenvalue weighted by Crippen LogP contribution is 2.27. The molecule has 2 aromatic rings. The summed E-state index contributed by atoms with van der Waals surface area (Å²) in [6, 6.07) is 5.91. The van der Waals surface area contributed by atoms with Crippen LogP contribution in [0.2, 0.25) is 0 Å². The molecule has 0 aliphatic rings. The lowest BCUT2D eigenvalue weighted by atomic mass is 9.97. The zero-order valence-electron chi connectivity index (χ0n) is 11.7. The van der Waals surface area contributed by atoms with E-state index >= 15 is 0 Å². The van der Waals surface area contributed by atoms with E-state index in [9.17, 15) is 0 Å². The first-order chi connectivity index (χ1) is 8.86. The number of hydrogen-bond acceptors (Lipinski definition) is 5. The van der Waals surface area contributed by atoms with E-state index < -0.39 is 0 Å². The summed E-state index contributed by atoms with van der Waals surface area (Å²) in [7, 11) is 0. The molecule has 0 unspecified atom stereocenters. The van der Waals surface area contributed by atoms with E-state index in [1.54, 1.807) is 11.8 Å². The Balaban J connectivity index is 2.04. The summed E-state index contributed by atoms with van der Waals surface area (Å²) in [5.41, 5.74) is 7.59. The second kappa shape index (κ2) is 5.25. The van der Waals surface area contributed by atoms with Crippen molar-refractivity contribution in [2.24, 2.45) is 0 Å². The molecule has 1 aromatic heterocycles. The van der Waals surface area contributed by atoms with Crippen molar-refractivity contribution in [3.8, 4) is 0 Å². The molecule has 0 aliphatic carbocycles. The molecule has 0 saturated heterocycles. The van der Waals surface area contributed by atoms with Gasteiger partial charge >= 0.3 is 0 Å². The maximum absolute atomic E-state index is 5.74. The fraction of sp³-hybridized carbons (Fsp3) is 0.429. The third-order valence-electron chi connectivity index (χ3n) is 2.67. The van der Waals surface area contributed by atoms with Gasteiger partial charge in [0.15, 0.2) is 5.82 Å². The Labute approximate surface area is 117 Å². The highest BCUT2D eigenvalue weighted by molar-refractivity contribution is 7.98. The maximum Gasteiger partial charge on any atom is 0.232 e. The molecule has 4 nitrogen and oxygen atoms in total. The zero-order valence-corrected chi connectivity index (χ0v) is 12.5. The van der Waals surface area contributed by atoms with Crippen molar-refractivity contribution in [1.82, 2.24) is 10.1 Å². The standard InChI is InChI=1S/C14H19N3OS/c1-9-7-10(15)5-6-11(9)19-8-12-16-13(18-17-12)14(2,3)4/h5-7H,8,15H2,1-4H3. The summed E-state index contributed by atoms with van der Waals surface area (Å²) in [6.45, 7) is 8.22. The van der Waals surface area contributed by atoms with Crippen molar-refractivity contribution in [1.29, 1.82) is 0 Å². The molecule has 5 heteroatoms. The number of nitrogens with two attached hydrogens (primary N) is 1. The van der Waals surface area contributed by atoms with E-state index in [2.05, 4.69) is 37.8 Å². The lowest BCUT2D eigenvalue weighted by molar-refractivity contribution is 0.319. The Morgan fingerprint density at radius 1 is 1.32 bits per heavy atom. The van der Waals surface area contributed by atoms with Crippen LogP contribution in [-0.2, 0) is 11.2 Å². The van der Waals surface area contributed by atoms with E-state index in [0.717, 1.165) is 11.5 Å². The number of thioether (sulfide) groups is 1. The number of hydrogen-bond donors (Lipinski definition) is 1. The Morgan fingerprint density at radius 3 is 2.63 bits per heavy atom. The molecule has 1 aromatic carbocycles. The fourth-order valence-electron chi connectivity index (χ4n) is 1.59. The SMILES string of the molecule is Cc1cc(N)ccc1SCc1noc(C(C)(C)C)n1. The van der Waals surface area contributed by atoms with Crippen molar-refractivity contribution in [3.05, 3.63) is 35.5 Å². The minimum absolute atomic E-state index is 0.104. The third kappa shape index (κ3) is 3.50. The van der Waals surface area contributed by atoms with Gasteiger partial charge in [-0.2, -0.15) is 4.98 Å². The lowest BCUT2D eigenvalue weighted by Gasteiger charge is -2.10. The van der Waals surface area contributed by atoms with Crippen molar-refractivity contribution < 1.29 is 4.52 Å². The molecule has 2 N–H and O–H groups in total. The van der Waals surface area contributed by atoms with Gasteiger partial charge in [0.05, 0.1) is 5.75 Å². The van der Waals surface area contributed by atoms with Crippen molar-refractivity contribution in [2.45, 2.75) is 43.8 Å². The van der Waals surface area contributed by atoms with Crippen LogP contribution in [0.5, 0.6) is 0 Å². The summed E-state index contributed by atoms with van der Waals surface area (Å²) in [5.74, 6) is 2.10. The van der Waals surface area contributed by atoms with Gasteiger partial charge in [-0.25, -0.2) is 0 Å². The van der Waals surface area contributed by atoms with E-state index in [1.807, 2.05) is 18.2 Å². The second-order valence-electron chi connectivity index (χ2n) is 5.58. The molecular formula is C14H19N3OS.